The summed E-state index contributed by atoms with van der Waals surface area (Å²) in [4.78, 5) is 2.00. The van der Waals surface area contributed by atoms with Crippen molar-refractivity contribution in [3.8, 4) is 17.2 Å². The molecule has 1 aromatic carbocycles. The first kappa shape index (κ1) is 16.4. The maximum absolute atomic E-state index is 5.23. The average Bonchev–Trinajstić information content (AvgIpc) is 2.27. The van der Waals surface area contributed by atoms with Crippen molar-refractivity contribution in [2.24, 2.45) is 0 Å². The van der Waals surface area contributed by atoms with E-state index in [0.717, 1.165) is 9.33 Å². The van der Waals surface area contributed by atoms with Gasteiger partial charge in [-0.15, -0.1) is 0 Å². The Morgan fingerprint density at radius 1 is 0.882 bits per heavy atom. The molecule has 0 aliphatic carbocycles. The van der Waals surface area contributed by atoms with Gasteiger partial charge in [0.05, 0.1) is 0 Å². The van der Waals surface area contributed by atoms with Crippen LogP contribution in [0.4, 0.5) is 0 Å². The van der Waals surface area contributed by atoms with Crippen LogP contribution < -0.4 is 17.8 Å². The van der Waals surface area contributed by atoms with E-state index < -0.39 is 0 Å². The van der Waals surface area contributed by atoms with Gasteiger partial charge in [-0.3, -0.25) is 0 Å². The van der Waals surface area contributed by atoms with Gasteiger partial charge in [0.15, 0.2) is 0 Å². The number of hydrogen-bond donors (Lipinski definition) is 0. The summed E-state index contributed by atoms with van der Waals surface area (Å²) in [6.07, 6.45) is 0. The Morgan fingerprint density at radius 2 is 1.35 bits per heavy atom. The van der Waals surface area contributed by atoms with E-state index in [2.05, 4.69) is 0 Å². The third kappa shape index (κ3) is 5.50. The molecule has 5 heteroatoms. The molecular formula is C12H20NO3Sn. The average molecular weight is 345 g/mol. The predicted octanol–water partition coefficient (Wildman–Crippen LogP) is 0.684. The van der Waals surface area contributed by atoms with E-state index in [1.807, 2.05) is 38.2 Å². The SMILES string of the molecule is CN(C)C.COc1cc[c]([Sn])c(OC)c1OC. The summed E-state index contributed by atoms with van der Waals surface area (Å²) in [5.74, 6) is 2.13. The molecule has 0 bridgehead atoms. The van der Waals surface area contributed by atoms with Gasteiger partial charge in [0.25, 0.3) is 0 Å². The van der Waals surface area contributed by atoms with Gasteiger partial charge in [0.2, 0.25) is 0 Å². The van der Waals surface area contributed by atoms with Crippen LogP contribution >= 0.6 is 0 Å². The zero-order chi connectivity index (χ0) is 13.4. The molecule has 95 valence electrons. The quantitative estimate of drug-likeness (QED) is 0.755. The molecule has 3 radical (unpaired) electrons. The number of nitrogens with zero attached hydrogens (tertiary/aromatic N) is 1. The van der Waals surface area contributed by atoms with Gasteiger partial charge >= 0.3 is 91.0 Å². The Morgan fingerprint density at radius 3 is 1.71 bits per heavy atom. The fraction of sp³-hybridized carbons (Fsp3) is 0.500. The van der Waals surface area contributed by atoms with Gasteiger partial charge in [-0.25, -0.2) is 0 Å². The monoisotopic (exact) mass is 346 g/mol. The van der Waals surface area contributed by atoms with E-state index in [9.17, 15) is 0 Å². The Labute approximate surface area is 117 Å². The topological polar surface area (TPSA) is 30.9 Å². The zero-order valence-corrected chi connectivity index (χ0v) is 14.2. The molecule has 0 aromatic heterocycles. The minimum absolute atomic E-state index is 0.666. The summed E-state index contributed by atoms with van der Waals surface area (Å²) in [5, 5.41) is 0. The van der Waals surface area contributed by atoms with E-state index in [1.165, 1.54) is 22.5 Å². The second-order valence-corrected chi connectivity index (χ2v) is 5.26. The number of hydrogen-bond acceptors (Lipinski definition) is 4. The third-order valence-corrected chi connectivity index (χ3v) is 2.83. The maximum atomic E-state index is 5.23. The molecule has 0 aliphatic heterocycles. The van der Waals surface area contributed by atoms with Crippen LogP contribution in [0, 0.1) is 0 Å². The summed E-state index contributed by atoms with van der Waals surface area (Å²) in [7, 11) is 10.8. The molecule has 0 unspecified atom stereocenters. The van der Waals surface area contributed by atoms with Crippen molar-refractivity contribution in [3.05, 3.63) is 12.1 Å². The summed E-state index contributed by atoms with van der Waals surface area (Å²) in [5.41, 5.74) is 0. The first-order chi connectivity index (χ1) is 7.97. The Kier molecular flexibility index (Phi) is 8.16. The molecule has 1 rings (SSSR count). The fourth-order valence-electron chi connectivity index (χ4n) is 1.10. The van der Waals surface area contributed by atoms with Crippen molar-refractivity contribution in [2.75, 3.05) is 42.5 Å². The predicted molar refractivity (Wildman–Crippen MR) is 71.1 cm³/mol. The van der Waals surface area contributed by atoms with E-state index in [-0.39, 0.29) is 0 Å². The Bertz CT molecular complexity index is 340. The molecule has 0 saturated heterocycles. The summed E-state index contributed by atoms with van der Waals surface area (Å²) in [6.45, 7) is 0. The first-order valence-corrected chi connectivity index (χ1v) is 6.52. The van der Waals surface area contributed by atoms with Crippen molar-refractivity contribution in [3.63, 3.8) is 0 Å². The summed E-state index contributed by atoms with van der Waals surface area (Å²) >= 11 is 1.29. The molecule has 0 spiro atoms. The van der Waals surface area contributed by atoms with Crippen LogP contribution in [0.1, 0.15) is 0 Å². The van der Waals surface area contributed by atoms with E-state index in [4.69, 9.17) is 14.2 Å². The van der Waals surface area contributed by atoms with Gasteiger partial charge in [0.1, 0.15) is 0 Å². The zero-order valence-electron chi connectivity index (χ0n) is 11.3. The van der Waals surface area contributed by atoms with Crippen LogP contribution in [0.25, 0.3) is 0 Å². The van der Waals surface area contributed by atoms with Crippen molar-refractivity contribution in [2.45, 2.75) is 0 Å². The molecule has 17 heavy (non-hydrogen) atoms. The van der Waals surface area contributed by atoms with Gasteiger partial charge in [-0.1, -0.05) is 0 Å². The summed E-state index contributed by atoms with van der Waals surface area (Å²) < 4.78 is 16.7. The van der Waals surface area contributed by atoms with Crippen LogP contribution in [0.2, 0.25) is 0 Å². The molecule has 0 aliphatic rings. The van der Waals surface area contributed by atoms with Crippen molar-refractivity contribution in [1.82, 2.24) is 4.90 Å². The van der Waals surface area contributed by atoms with Gasteiger partial charge in [0, 0.05) is 0 Å². The molecular weight excluding hydrogens is 325 g/mol. The van der Waals surface area contributed by atoms with Crippen molar-refractivity contribution in [1.29, 1.82) is 0 Å². The molecule has 4 nitrogen and oxygen atoms in total. The molecule has 0 atom stereocenters. The number of methoxy groups -OCH3 is 3. The second kappa shape index (κ2) is 8.47. The van der Waals surface area contributed by atoms with Gasteiger partial charge in [-0.05, 0) is 21.1 Å². The van der Waals surface area contributed by atoms with Crippen LogP contribution in [0.3, 0.4) is 0 Å². The van der Waals surface area contributed by atoms with Crippen LogP contribution in [-0.4, -0.2) is 69.9 Å². The van der Waals surface area contributed by atoms with Crippen LogP contribution in [0.15, 0.2) is 12.1 Å². The minimum atomic E-state index is 0.666. The Hall–Kier alpha value is -0.621. The fourth-order valence-corrected chi connectivity index (χ4v) is 1.95. The number of ether oxygens (including phenoxy) is 3. The molecule has 0 fully saturated rings. The van der Waals surface area contributed by atoms with Crippen LogP contribution in [0.5, 0.6) is 17.2 Å². The van der Waals surface area contributed by atoms with E-state index in [1.54, 1.807) is 21.3 Å². The molecule has 0 N–H and O–H groups in total. The standard InChI is InChI=1S/C9H11O3.C3H9N.Sn/c1-10-7-5-4-6-8(11-2)9(7)12-3;1-4(2)3;/h4-5H,1-3H3;1-3H3;. The normalized spacial score (nSPS) is 9.41. The molecule has 0 saturated carbocycles. The van der Waals surface area contributed by atoms with Gasteiger partial charge < -0.3 is 4.90 Å². The third-order valence-electron chi connectivity index (χ3n) is 1.70. The van der Waals surface area contributed by atoms with Crippen LogP contribution in [-0.2, 0) is 0 Å². The van der Waals surface area contributed by atoms with Crippen molar-refractivity contribution >= 4 is 26.1 Å². The summed E-state index contributed by atoms with van der Waals surface area (Å²) in [6, 6.07) is 3.85. The molecule has 1 aromatic rings. The second-order valence-electron chi connectivity index (χ2n) is 3.72. The number of rotatable bonds is 3. The van der Waals surface area contributed by atoms with Crippen molar-refractivity contribution < 1.29 is 14.2 Å². The van der Waals surface area contributed by atoms with E-state index in [0.29, 0.717) is 11.5 Å². The first-order valence-electron chi connectivity index (χ1n) is 5.09. The molecule has 0 amide bonds. The Balaban J connectivity index is 0.000000557. The van der Waals surface area contributed by atoms with Gasteiger partial charge in [-0.2, -0.15) is 0 Å². The van der Waals surface area contributed by atoms with E-state index >= 15 is 0 Å². The number of benzene rings is 1. The molecule has 0 heterocycles.